The van der Waals surface area contributed by atoms with Crippen molar-refractivity contribution < 1.29 is 13.2 Å². The predicted molar refractivity (Wildman–Crippen MR) is 96.1 cm³/mol. The topological polar surface area (TPSA) is 79.0 Å². The molecule has 1 aromatic heterocycles. The minimum Gasteiger partial charge on any atom is -0.358 e. The molecule has 0 saturated carbocycles. The summed E-state index contributed by atoms with van der Waals surface area (Å²) in [5, 5.41) is 3.97. The Bertz CT molecular complexity index is 868. The number of aryl methyl sites for hydroxylation is 1. The van der Waals surface area contributed by atoms with Crippen LogP contribution in [0.4, 0.5) is 0 Å². The van der Waals surface area contributed by atoms with Crippen molar-refractivity contribution in [3.63, 3.8) is 0 Å². The van der Waals surface area contributed by atoms with Gasteiger partial charge in [-0.2, -0.15) is 0 Å². The molecular formula is C18H24N2O3S. The molecule has 1 heterocycles. The highest BCUT2D eigenvalue weighted by Crippen LogP contribution is 2.32. The number of H-pyrrole nitrogens is 1. The lowest BCUT2D eigenvalue weighted by Gasteiger charge is -2.17. The molecule has 1 amide bonds. The van der Waals surface area contributed by atoms with E-state index < -0.39 is 9.84 Å². The van der Waals surface area contributed by atoms with Crippen molar-refractivity contribution in [2.75, 3.05) is 18.6 Å². The van der Waals surface area contributed by atoms with Gasteiger partial charge in [-0.05, 0) is 43.2 Å². The van der Waals surface area contributed by atoms with Crippen LogP contribution in [0.2, 0.25) is 0 Å². The van der Waals surface area contributed by atoms with Crippen LogP contribution in [0.1, 0.15) is 41.4 Å². The molecule has 6 heteroatoms. The summed E-state index contributed by atoms with van der Waals surface area (Å²) in [6.45, 7) is 2.62. The second kappa shape index (κ2) is 6.59. The summed E-state index contributed by atoms with van der Waals surface area (Å²) in [6, 6.07) is 5.81. The van der Waals surface area contributed by atoms with Gasteiger partial charge in [-0.15, -0.1) is 0 Å². The number of para-hydroxylation sites is 1. The van der Waals surface area contributed by atoms with Gasteiger partial charge < -0.3 is 10.3 Å². The van der Waals surface area contributed by atoms with Crippen LogP contribution in [0.15, 0.2) is 18.2 Å². The van der Waals surface area contributed by atoms with Crippen LogP contribution in [0.5, 0.6) is 0 Å². The highest BCUT2D eigenvalue weighted by Gasteiger charge is 2.22. The molecule has 1 atom stereocenters. The number of hydrogen-bond donors (Lipinski definition) is 2. The van der Waals surface area contributed by atoms with E-state index in [2.05, 4.69) is 23.3 Å². The average molecular weight is 348 g/mol. The smallest absolute Gasteiger partial charge is 0.253 e. The Balaban J connectivity index is 1.78. The molecule has 1 aromatic carbocycles. The summed E-state index contributed by atoms with van der Waals surface area (Å²) < 4.78 is 22.3. The molecule has 0 spiro atoms. The third-order valence-corrected chi connectivity index (χ3v) is 5.72. The van der Waals surface area contributed by atoms with E-state index in [-0.39, 0.29) is 11.7 Å². The minimum absolute atomic E-state index is 0.0895. The number of carbonyl (C=O) groups excluding carboxylic acids is 1. The van der Waals surface area contributed by atoms with E-state index in [9.17, 15) is 13.2 Å². The zero-order chi connectivity index (χ0) is 17.3. The van der Waals surface area contributed by atoms with Crippen molar-refractivity contribution >= 4 is 26.6 Å². The number of rotatable bonds is 5. The maximum atomic E-state index is 12.5. The Hall–Kier alpha value is -1.82. The highest BCUT2D eigenvalue weighted by atomic mass is 32.2. The average Bonchev–Trinajstić information content (AvgIpc) is 2.88. The van der Waals surface area contributed by atoms with Gasteiger partial charge in [0.2, 0.25) is 0 Å². The van der Waals surface area contributed by atoms with Crippen LogP contribution in [0.3, 0.4) is 0 Å². The monoisotopic (exact) mass is 348 g/mol. The van der Waals surface area contributed by atoms with Crippen molar-refractivity contribution in [2.24, 2.45) is 5.92 Å². The maximum absolute atomic E-state index is 12.5. The van der Waals surface area contributed by atoms with Crippen LogP contribution in [0, 0.1) is 5.92 Å². The fourth-order valence-corrected chi connectivity index (χ4v) is 4.10. The third-order valence-electron chi connectivity index (χ3n) is 4.69. The molecule has 0 bridgehead atoms. The number of hydrogen-bond acceptors (Lipinski definition) is 3. The van der Waals surface area contributed by atoms with Crippen LogP contribution in [-0.2, 0) is 22.7 Å². The number of fused-ring (bicyclic) bond motifs is 3. The van der Waals surface area contributed by atoms with Gasteiger partial charge in [0, 0.05) is 23.9 Å². The Morgan fingerprint density at radius 1 is 1.38 bits per heavy atom. The molecule has 24 heavy (non-hydrogen) atoms. The number of aromatic nitrogens is 1. The third kappa shape index (κ3) is 3.64. The SMILES string of the molecule is C[C@H]1CCc2[nH]c3c(C(=O)NCCCS(C)(=O)=O)cccc3c2C1. The van der Waals surface area contributed by atoms with Gasteiger partial charge in [0.15, 0.2) is 0 Å². The quantitative estimate of drug-likeness (QED) is 0.815. The van der Waals surface area contributed by atoms with Crippen LogP contribution in [-0.4, -0.2) is 37.9 Å². The summed E-state index contributed by atoms with van der Waals surface area (Å²) in [7, 11) is -2.99. The van der Waals surface area contributed by atoms with Crippen LogP contribution >= 0.6 is 0 Å². The second-order valence-corrected chi connectivity index (χ2v) is 9.16. The summed E-state index contributed by atoms with van der Waals surface area (Å²) >= 11 is 0. The van der Waals surface area contributed by atoms with E-state index in [1.54, 1.807) is 0 Å². The lowest BCUT2D eigenvalue weighted by atomic mass is 9.87. The largest absolute Gasteiger partial charge is 0.358 e. The fraction of sp³-hybridized carbons (Fsp3) is 0.500. The van der Waals surface area contributed by atoms with Crippen LogP contribution in [0.25, 0.3) is 10.9 Å². The van der Waals surface area contributed by atoms with Crippen LogP contribution < -0.4 is 5.32 Å². The van der Waals surface area contributed by atoms with Crippen molar-refractivity contribution in [1.82, 2.24) is 10.3 Å². The van der Waals surface area contributed by atoms with Crippen molar-refractivity contribution in [3.8, 4) is 0 Å². The lowest BCUT2D eigenvalue weighted by molar-refractivity contribution is 0.0955. The zero-order valence-corrected chi connectivity index (χ0v) is 15.0. The first-order chi connectivity index (χ1) is 11.3. The normalized spacial score (nSPS) is 17.7. The summed E-state index contributed by atoms with van der Waals surface area (Å²) in [6.07, 6.45) is 4.89. The minimum atomic E-state index is -2.99. The van der Waals surface area contributed by atoms with Gasteiger partial charge in [0.05, 0.1) is 16.8 Å². The van der Waals surface area contributed by atoms with Gasteiger partial charge in [0.25, 0.3) is 5.91 Å². The number of carbonyl (C=O) groups is 1. The zero-order valence-electron chi connectivity index (χ0n) is 14.2. The number of sulfone groups is 1. The lowest BCUT2D eigenvalue weighted by Crippen LogP contribution is -2.26. The molecule has 1 aliphatic rings. The first-order valence-corrected chi connectivity index (χ1v) is 10.5. The molecule has 0 aliphatic heterocycles. The highest BCUT2D eigenvalue weighted by molar-refractivity contribution is 7.90. The summed E-state index contributed by atoms with van der Waals surface area (Å²) in [5.41, 5.74) is 4.13. The Morgan fingerprint density at radius 3 is 2.92 bits per heavy atom. The molecular weight excluding hydrogens is 324 g/mol. The molecule has 130 valence electrons. The molecule has 1 aliphatic carbocycles. The van der Waals surface area contributed by atoms with E-state index in [1.807, 2.05) is 12.1 Å². The first kappa shape index (κ1) is 17.0. The van der Waals surface area contributed by atoms with E-state index in [0.717, 1.165) is 23.7 Å². The maximum Gasteiger partial charge on any atom is 0.253 e. The first-order valence-electron chi connectivity index (χ1n) is 8.43. The Kier molecular flexibility index (Phi) is 4.67. The molecule has 0 fully saturated rings. The van der Waals surface area contributed by atoms with Crippen molar-refractivity contribution in [1.29, 1.82) is 0 Å². The Labute approximate surface area is 142 Å². The number of amides is 1. The fourth-order valence-electron chi connectivity index (χ4n) is 3.44. The number of aromatic amines is 1. The Morgan fingerprint density at radius 2 is 2.17 bits per heavy atom. The second-order valence-electron chi connectivity index (χ2n) is 6.90. The van der Waals surface area contributed by atoms with Gasteiger partial charge in [-0.1, -0.05) is 19.1 Å². The number of benzene rings is 1. The van der Waals surface area contributed by atoms with E-state index >= 15 is 0 Å². The number of nitrogens with one attached hydrogen (secondary N) is 2. The van der Waals surface area contributed by atoms with Gasteiger partial charge in [0.1, 0.15) is 9.84 Å². The van der Waals surface area contributed by atoms with E-state index in [1.165, 1.54) is 23.9 Å². The molecule has 0 unspecified atom stereocenters. The van der Waals surface area contributed by atoms with Gasteiger partial charge >= 0.3 is 0 Å². The molecule has 2 N–H and O–H groups in total. The van der Waals surface area contributed by atoms with Crippen molar-refractivity contribution in [3.05, 3.63) is 35.0 Å². The molecule has 3 rings (SSSR count). The summed E-state index contributed by atoms with van der Waals surface area (Å²) in [4.78, 5) is 15.9. The predicted octanol–water partition coefficient (Wildman–Crippen LogP) is 2.46. The molecule has 0 saturated heterocycles. The molecule has 5 nitrogen and oxygen atoms in total. The van der Waals surface area contributed by atoms with E-state index in [0.29, 0.717) is 24.4 Å². The molecule has 2 aromatic rings. The standard InChI is InChI=1S/C18H24N2O3S/c1-12-7-8-16-15(11-12)13-5-3-6-14(17(13)20-16)18(21)19-9-4-10-24(2,22)23/h3,5-6,12,20H,4,7-11H2,1-2H3,(H,19,21)/t12-/m0/s1. The van der Waals surface area contributed by atoms with E-state index in [4.69, 9.17) is 0 Å². The molecule has 0 radical (unpaired) electrons. The summed E-state index contributed by atoms with van der Waals surface area (Å²) in [5.74, 6) is 0.609. The van der Waals surface area contributed by atoms with Crippen molar-refractivity contribution in [2.45, 2.75) is 32.6 Å². The van der Waals surface area contributed by atoms with Gasteiger partial charge in [-0.3, -0.25) is 4.79 Å². The van der Waals surface area contributed by atoms with Gasteiger partial charge in [-0.25, -0.2) is 8.42 Å².